The molecule has 0 spiro atoms. The van der Waals surface area contributed by atoms with Crippen molar-refractivity contribution in [1.82, 2.24) is 4.90 Å². The van der Waals surface area contributed by atoms with Crippen molar-refractivity contribution < 1.29 is 9.59 Å². The van der Waals surface area contributed by atoms with Crippen LogP contribution in [0.2, 0.25) is 0 Å². The lowest BCUT2D eigenvalue weighted by molar-refractivity contribution is -0.125. The van der Waals surface area contributed by atoms with Crippen LogP contribution in [-0.2, 0) is 4.79 Å². The second kappa shape index (κ2) is 5.34. The molecule has 3 heteroatoms. The van der Waals surface area contributed by atoms with Gasteiger partial charge in [-0.2, -0.15) is 0 Å². The molecule has 0 radical (unpaired) electrons. The fourth-order valence-corrected chi connectivity index (χ4v) is 1.88. The second-order valence-corrected chi connectivity index (χ2v) is 5.08. The Hall–Kier alpha value is -1.64. The molecule has 0 aromatic heterocycles. The van der Waals surface area contributed by atoms with Gasteiger partial charge in [0.05, 0.1) is 0 Å². The van der Waals surface area contributed by atoms with Gasteiger partial charge in [-0.15, -0.1) is 0 Å². The third kappa shape index (κ3) is 3.19. The minimum absolute atomic E-state index is 0.0560. The van der Waals surface area contributed by atoms with Gasteiger partial charge in [-0.3, -0.25) is 9.59 Å². The Morgan fingerprint density at radius 3 is 2.22 bits per heavy atom. The summed E-state index contributed by atoms with van der Waals surface area (Å²) in [7, 11) is 0. The molecule has 1 aliphatic heterocycles. The van der Waals surface area contributed by atoms with Crippen molar-refractivity contribution >= 4 is 11.7 Å². The summed E-state index contributed by atoms with van der Waals surface area (Å²) >= 11 is 0. The van der Waals surface area contributed by atoms with Gasteiger partial charge < -0.3 is 4.90 Å². The maximum atomic E-state index is 11.9. The summed E-state index contributed by atoms with van der Waals surface area (Å²) in [6.45, 7) is 5.96. The van der Waals surface area contributed by atoms with Crippen LogP contribution in [0.1, 0.15) is 48.5 Å². The summed E-state index contributed by atoms with van der Waals surface area (Å²) in [4.78, 5) is 25.1. The van der Waals surface area contributed by atoms with Crippen molar-refractivity contribution in [2.45, 2.75) is 32.6 Å². The molecular weight excluding hydrogens is 226 g/mol. The van der Waals surface area contributed by atoms with Crippen LogP contribution in [0.5, 0.6) is 0 Å². The SMILES string of the molecule is CC(C)c1ccc(C(=O)CCC(=O)N2CC2)cc1. The molecule has 1 aromatic carbocycles. The number of benzene rings is 1. The van der Waals surface area contributed by atoms with Gasteiger partial charge in [0.2, 0.25) is 5.91 Å². The highest BCUT2D eigenvalue weighted by molar-refractivity contribution is 5.98. The predicted octanol–water partition coefficient (Wildman–Crippen LogP) is 2.62. The highest BCUT2D eigenvalue weighted by Gasteiger charge is 2.24. The molecule has 3 nitrogen and oxygen atoms in total. The van der Waals surface area contributed by atoms with Crippen molar-refractivity contribution in [3.63, 3.8) is 0 Å². The van der Waals surface area contributed by atoms with Crippen LogP contribution >= 0.6 is 0 Å². The molecule has 0 unspecified atom stereocenters. The number of carbonyl (C=O) groups is 2. The van der Waals surface area contributed by atoms with Gasteiger partial charge in [0.25, 0.3) is 0 Å². The minimum Gasteiger partial charge on any atom is -0.339 e. The molecule has 0 bridgehead atoms. The van der Waals surface area contributed by atoms with Crippen LogP contribution in [0.25, 0.3) is 0 Å². The third-order valence-electron chi connectivity index (χ3n) is 3.27. The molecule has 1 aliphatic rings. The van der Waals surface area contributed by atoms with Crippen molar-refractivity contribution in [2.24, 2.45) is 0 Å². The van der Waals surface area contributed by atoms with E-state index >= 15 is 0 Å². The van der Waals surface area contributed by atoms with Crippen molar-refractivity contribution in [3.8, 4) is 0 Å². The first-order valence-electron chi connectivity index (χ1n) is 6.49. The molecule has 0 saturated carbocycles. The Labute approximate surface area is 108 Å². The highest BCUT2D eigenvalue weighted by Crippen LogP contribution is 2.16. The van der Waals surface area contributed by atoms with Crippen LogP contribution in [0.4, 0.5) is 0 Å². The number of hydrogen-bond donors (Lipinski definition) is 0. The first-order chi connectivity index (χ1) is 8.58. The van der Waals surface area contributed by atoms with Crippen LogP contribution in [-0.4, -0.2) is 29.7 Å². The van der Waals surface area contributed by atoms with E-state index < -0.39 is 0 Å². The summed E-state index contributed by atoms with van der Waals surface area (Å²) in [5.41, 5.74) is 1.93. The van der Waals surface area contributed by atoms with E-state index in [-0.39, 0.29) is 11.7 Å². The maximum Gasteiger partial charge on any atom is 0.223 e. The zero-order chi connectivity index (χ0) is 13.1. The molecule has 2 rings (SSSR count). The first-order valence-corrected chi connectivity index (χ1v) is 6.49. The molecule has 18 heavy (non-hydrogen) atoms. The molecular formula is C15H19NO2. The van der Waals surface area contributed by atoms with Crippen molar-refractivity contribution in [3.05, 3.63) is 35.4 Å². The Kier molecular flexibility index (Phi) is 3.80. The largest absolute Gasteiger partial charge is 0.339 e. The molecule has 1 amide bonds. The van der Waals surface area contributed by atoms with Gasteiger partial charge in [0, 0.05) is 31.5 Å². The third-order valence-corrected chi connectivity index (χ3v) is 3.27. The summed E-state index contributed by atoms with van der Waals surface area (Å²) < 4.78 is 0. The smallest absolute Gasteiger partial charge is 0.223 e. The van der Waals surface area contributed by atoms with E-state index in [0.29, 0.717) is 24.3 Å². The first kappa shape index (κ1) is 12.8. The molecule has 0 atom stereocenters. The lowest BCUT2D eigenvalue weighted by atomic mass is 9.99. The fraction of sp³-hybridized carbons (Fsp3) is 0.467. The van der Waals surface area contributed by atoms with E-state index in [1.807, 2.05) is 24.3 Å². The average Bonchev–Trinajstić information content (AvgIpc) is 3.20. The maximum absolute atomic E-state index is 11.9. The molecule has 0 aliphatic carbocycles. The molecule has 1 aromatic rings. The monoisotopic (exact) mass is 245 g/mol. The Morgan fingerprint density at radius 1 is 1.11 bits per heavy atom. The number of hydrogen-bond acceptors (Lipinski definition) is 2. The van der Waals surface area contributed by atoms with E-state index in [0.717, 1.165) is 13.1 Å². The lowest BCUT2D eigenvalue weighted by Crippen LogP contribution is -2.12. The summed E-state index contributed by atoms with van der Waals surface area (Å²) in [6, 6.07) is 7.70. The fourth-order valence-electron chi connectivity index (χ4n) is 1.88. The molecule has 1 fully saturated rings. The van der Waals surface area contributed by atoms with E-state index in [1.165, 1.54) is 5.56 Å². The molecule has 1 saturated heterocycles. The molecule has 0 N–H and O–H groups in total. The Balaban J connectivity index is 1.89. The number of Topliss-reactive ketones (excluding diaryl/α,β-unsaturated/α-hetero) is 1. The zero-order valence-corrected chi connectivity index (χ0v) is 11.0. The van der Waals surface area contributed by atoms with Gasteiger partial charge >= 0.3 is 0 Å². The Morgan fingerprint density at radius 2 is 1.72 bits per heavy atom. The molecule has 96 valence electrons. The van der Waals surface area contributed by atoms with Gasteiger partial charge in [-0.05, 0) is 11.5 Å². The normalized spacial score (nSPS) is 13.8. The van der Waals surface area contributed by atoms with Gasteiger partial charge in [-0.1, -0.05) is 38.1 Å². The quantitative estimate of drug-likeness (QED) is 0.590. The van der Waals surface area contributed by atoms with E-state index in [9.17, 15) is 9.59 Å². The summed E-state index contributed by atoms with van der Waals surface area (Å²) in [6.07, 6.45) is 0.654. The summed E-state index contributed by atoms with van der Waals surface area (Å²) in [5, 5.41) is 0. The summed E-state index contributed by atoms with van der Waals surface area (Å²) in [5.74, 6) is 0.626. The molecule has 1 heterocycles. The second-order valence-electron chi connectivity index (χ2n) is 5.08. The highest BCUT2D eigenvalue weighted by atomic mass is 16.2. The van der Waals surface area contributed by atoms with Crippen LogP contribution in [0.3, 0.4) is 0 Å². The number of nitrogens with zero attached hydrogens (tertiary/aromatic N) is 1. The van der Waals surface area contributed by atoms with Crippen molar-refractivity contribution in [2.75, 3.05) is 13.1 Å². The van der Waals surface area contributed by atoms with Crippen LogP contribution in [0.15, 0.2) is 24.3 Å². The van der Waals surface area contributed by atoms with Crippen LogP contribution < -0.4 is 0 Å². The zero-order valence-electron chi connectivity index (χ0n) is 11.0. The minimum atomic E-state index is 0.0560. The van der Waals surface area contributed by atoms with Crippen molar-refractivity contribution in [1.29, 1.82) is 0 Å². The number of rotatable bonds is 5. The number of carbonyl (C=O) groups excluding carboxylic acids is 2. The Bertz CT molecular complexity index is 444. The average molecular weight is 245 g/mol. The van der Waals surface area contributed by atoms with Gasteiger partial charge in [-0.25, -0.2) is 0 Å². The topological polar surface area (TPSA) is 37.1 Å². The van der Waals surface area contributed by atoms with Gasteiger partial charge in [0.1, 0.15) is 0 Å². The van der Waals surface area contributed by atoms with Crippen LogP contribution in [0, 0.1) is 0 Å². The number of amides is 1. The standard InChI is InChI=1S/C15H19NO2/c1-11(2)12-3-5-13(6-4-12)14(17)7-8-15(18)16-9-10-16/h3-6,11H,7-10H2,1-2H3. The van der Waals surface area contributed by atoms with E-state index in [1.54, 1.807) is 4.90 Å². The van der Waals surface area contributed by atoms with E-state index in [2.05, 4.69) is 13.8 Å². The lowest BCUT2D eigenvalue weighted by Gasteiger charge is -2.06. The van der Waals surface area contributed by atoms with E-state index in [4.69, 9.17) is 0 Å². The number of ketones is 1. The predicted molar refractivity (Wildman–Crippen MR) is 70.7 cm³/mol. The van der Waals surface area contributed by atoms with Gasteiger partial charge in [0.15, 0.2) is 5.78 Å².